The fourth-order valence-corrected chi connectivity index (χ4v) is 3.99. The first kappa shape index (κ1) is 17.4. The van der Waals surface area contributed by atoms with E-state index in [1.807, 2.05) is 11.8 Å². The summed E-state index contributed by atoms with van der Waals surface area (Å²) in [6.07, 6.45) is 1.58. The van der Waals surface area contributed by atoms with Gasteiger partial charge in [-0.15, -0.1) is 11.3 Å². The van der Waals surface area contributed by atoms with Crippen molar-refractivity contribution in [1.82, 2.24) is 9.88 Å². The molecular weight excluding hydrogens is 340 g/mol. The Morgan fingerprint density at radius 1 is 1.44 bits per heavy atom. The monoisotopic (exact) mass is 360 g/mol. The highest BCUT2D eigenvalue weighted by molar-refractivity contribution is 7.11. The number of methoxy groups -OCH3 is 1. The summed E-state index contributed by atoms with van der Waals surface area (Å²) in [5.74, 6) is 0.0600. The van der Waals surface area contributed by atoms with E-state index in [2.05, 4.69) is 4.98 Å². The van der Waals surface area contributed by atoms with Gasteiger partial charge in [0.1, 0.15) is 10.6 Å². The fourth-order valence-electron chi connectivity index (χ4n) is 3.22. The van der Waals surface area contributed by atoms with Crippen molar-refractivity contribution in [1.29, 1.82) is 0 Å². The third kappa shape index (κ3) is 3.66. The lowest BCUT2D eigenvalue weighted by atomic mass is 9.96. The van der Waals surface area contributed by atoms with Gasteiger partial charge >= 0.3 is 5.97 Å². The van der Waals surface area contributed by atoms with E-state index < -0.39 is 5.97 Å². The van der Waals surface area contributed by atoms with Crippen molar-refractivity contribution in [2.24, 2.45) is 5.92 Å². The normalized spacial score (nSPS) is 16.9. The van der Waals surface area contributed by atoms with Gasteiger partial charge in [0.2, 0.25) is 0 Å². The Morgan fingerprint density at radius 2 is 2.24 bits per heavy atom. The molecule has 1 amide bonds. The molecule has 0 aliphatic carbocycles. The molecule has 2 aromatic rings. The van der Waals surface area contributed by atoms with Crippen molar-refractivity contribution in [3.63, 3.8) is 0 Å². The van der Waals surface area contributed by atoms with E-state index in [1.165, 1.54) is 11.3 Å². The maximum Gasteiger partial charge on any atom is 0.335 e. The summed E-state index contributed by atoms with van der Waals surface area (Å²) in [5.41, 5.74) is 3.59. The predicted octanol–water partition coefficient (Wildman–Crippen LogP) is 2.86. The molecule has 2 heterocycles. The van der Waals surface area contributed by atoms with E-state index in [0.29, 0.717) is 30.1 Å². The van der Waals surface area contributed by atoms with Gasteiger partial charge in [0.05, 0.1) is 23.9 Å². The number of carbonyl (C=O) groups is 2. The molecule has 1 unspecified atom stereocenters. The van der Waals surface area contributed by atoms with Crippen LogP contribution >= 0.6 is 11.3 Å². The first-order chi connectivity index (χ1) is 12.0. The molecule has 7 heteroatoms. The van der Waals surface area contributed by atoms with E-state index in [-0.39, 0.29) is 17.4 Å². The number of hydrogen-bond donors (Lipinski definition) is 1. The van der Waals surface area contributed by atoms with Crippen LogP contribution in [0, 0.1) is 12.8 Å². The molecule has 0 saturated carbocycles. The number of hydrogen-bond acceptors (Lipinski definition) is 5. The molecule has 132 valence electrons. The number of carboxylic acid groups (broad SMARTS) is 1. The molecular formula is C18H20N2O4S. The van der Waals surface area contributed by atoms with Crippen LogP contribution in [-0.4, -0.2) is 47.1 Å². The van der Waals surface area contributed by atoms with Crippen LogP contribution < -0.4 is 4.74 Å². The van der Waals surface area contributed by atoms with Gasteiger partial charge in [0.25, 0.3) is 5.91 Å². The number of aromatic carboxylic acids is 1. The Labute approximate surface area is 150 Å². The Morgan fingerprint density at radius 3 is 2.88 bits per heavy atom. The lowest BCUT2D eigenvalue weighted by Crippen LogP contribution is -2.28. The van der Waals surface area contributed by atoms with Gasteiger partial charge in [-0.05, 0) is 49.4 Å². The zero-order valence-corrected chi connectivity index (χ0v) is 15.0. The van der Waals surface area contributed by atoms with Gasteiger partial charge in [0, 0.05) is 13.1 Å². The van der Waals surface area contributed by atoms with Crippen LogP contribution in [0.5, 0.6) is 5.75 Å². The lowest BCUT2D eigenvalue weighted by molar-refractivity contribution is 0.0696. The quantitative estimate of drug-likeness (QED) is 0.887. The molecule has 3 rings (SSSR count). The first-order valence-corrected chi connectivity index (χ1v) is 8.97. The first-order valence-electron chi connectivity index (χ1n) is 8.09. The van der Waals surface area contributed by atoms with Crippen molar-refractivity contribution < 1.29 is 19.4 Å². The second-order valence-corrected chi connectivity index (χ2v) is 7.06. The topological polar surface area (TPSA) is 79.7 Å². The number of thiazole rings is 1. The maximum absolute atomic E-state index is 12.6. The van der Waals surface area contributed by atoms with Crippen LogP contribution in [0.25, 0.3) is 0 Å². The molecule has 1 aromatic carbocycles. The standard InChI is InChI=1S/C18H20N2O4S/c1-11-16(25-10-19-11)17(21)20-6-5-12(9-20)7-14-8-13(18(22)23)3-4-15(14)24-2/h3-4,8,10,12H,5-7,9H2,1-2H3,(H,22,23). The highest BCUT2D eigenvalue weighted by Gasteiger charge is 2.29. The largest absolute Gasteiger partial charge is 0.496 e. The number of aryl methyl sites for hydroxylation is 1. The second-order valence-electron chi connectivity index (χ2n) is 6.21. The van der Waals surface area contributed by atoms with Crippen LogP contribution in [0.4, 0.5) is 0 Å². The number of benzene rings is 1. The highest BCUT2D eigenvalue weighted by atomic mass is 32.1. The summed E-state index contributed by atoms with van der Waals surface area (Å²) in [7, 11) is 1.58. The summed E-state index contributed by atoms with van der Waals surface area (Å²) in [6.45, 7) is 3.22. The van der Waals surface area contributed by atoms with Gasteiger partial charge in [-0.3, -0.25) is 4.79 Å². The van der Waals surface area contributed by atoms with E-state index in [4.69, 9.17) is 4.74 Å². The minimum Gasteiger partial charge on any atom is -0.496 e. The number of aromatic nitrogens is 1. The third-order valence-corrected chi connectivity index (χ3v) is 5.47. The van der Waals surface area contributed by atoms with Crippen molar-refractivity contribution in [3.05, 3.63) is 45.4 Å². The number of ether oxygens (including phenoxy) is 1. The molecule has 25 heavy (non-hydrogen) atoms. The van der Waals surface area contributed by atoms with Crippen molar-refractivity contribution in [2.75, 3.05) is 20.2 Å². The average molecular weight is 360 g/mol. The van der Waals surface area contributed by atoms with E-state index >= 15 is 0 Å². The molecule has 1 aliphatic heterocycles. The number of likely N-dealkylation sites (tertiary alicyclic amines) is 1. The van der Waals surface area contributed by atoms with Crippen molar-refractivity contribution in [2.45, 2.75) is 19.8 Å². The van der Waals surface area contributed by atoms with Crippen LogP contribution in [-0.2, 0) is 6.42 Å². The van der Waals surface area contributed by atoms with Crippen LogP contribution in [0.3, 0.4) is 0 Å². The Bertz CT molecular complexity index is 802. The summed E-state index contributed by atoms with van der Waals surface area (Å²) < 4.78 is 5.36. The number of rotatable bonds is 5. The Hall–Kier alpha value is -2.41. The van der Waals surface area contributed by atoms with E-state index in [0.717, 1.165) is 17.7 Å². The van der Waals surface area contributed by atoms with Gasteiger partial charge in [-0.25, -0.2) is 9.78 Å². The van der Waals surface area contributed by atoms with Crippen LogP contribution in [0.1, 0.15) is 37.7 Å². The second kappa shape index (κ2) is 7.23. The summed E-state index contributed by atoms with van der Waals surface area (Å²) >= 11 is 1.37. The molecule has 0 bridgehead atoms. The smallest absolute Gasteiger partial charge is 0.335 e. The van der Waals surface area contributed by atoms with Gasteiger partial charge in [-0.2, -0.15) is 0 Å². The van der Waals surface area contributed by atoms with Gasteiger partial charge in [0.15, 0.2) is 0 Å². The molecule has 1 fully saturated rings. The molecule has 0 spiro atoms. The fraction of sp³-hybridized carbons (Fsp3) is 0.389. The number of carboxylic acids is 1. The summed E-state index contributed by atoms with van der Waals surface area (Å²) in [4.78, 5) is 30.5. The zero-order chi connectivity index (χ0) is 18.0. The minimum absolute atomic E-state index is 0.0359. The highest BCUT2D eigenvalue weighted by Crippen LogP contribution is 2.28. The summed E-state index contributed by atoms with van der Waals surface area (Å²) in [5, 5.41) is 9.18. The zero-order valence-electron chi connectivity index (χ0n) is 14.2. The molecule has 1 N–H and O–H groups in total. The van der Waals surface area contributed by atoms with Crippen molar-refractivity contribution >= 4 is 23.2 Å². The Kier molecular flexibility index (Phi) is 5.03. The number of nitrogens with zero attached hydrogens (tertiary/aromatic N) is 2. The van der Waals surface area contributed by atoms with Gasteiger partial charge in [-0.1, -0.05) is 0 Å². The average Bonchev–Trinajstić information content (AvgIpc) is 3.23. The van der Waals surface area contributed by atoms with Crippen LogP contribution in [0.2, 0.25) is 0 Å². The van der Waals surface area contributed by atoms with E-state index in [1.54, 1.807) is 30.8 Å². The number of amides is 1. The molecule has 1 aromatic heterocycles. The molecule has 6 nitrogen and oxygen atoms in total. The number of carbonyl (C=O) groups excluding carboxylic acids is 1. The van der Waals surface area contributed by atoms with Gasteiger partial charge < -0.3 is 14.7 Å². The molecule has 1 atom stereocenters. The maximum atomic E-state index is 12.6. The minimum atomic E-state index is -0.951. The SMILES string of the molecule is COc1ccc(C(=O)O)cc1CC1CCN(C(=O)c2scnc2C)C1. The van der Waals surface area contributed by atoms with Crippen LogP contribution in [0.15, 0.2) is 23.7 Å². The van der Waals surface area contributed by atoms with E-state index in [9.17, 15) is 14.7 Å². The molecule has 1 saturated heterocycles. The van der Waals surface area contributed by atoms with Crippen molar-refractivity contribution in [3.8, 4) is 5.75 Å². The molecule has 0 radical (unpaired) electrons. The third-order valence-electron chi connectivity index (χ3n) is 4.55. The molecule has 1 aliphatic rings. The Balaban J connectivity index is 1.71. The summed E-state index contributed by atoms with van der Waals surface area (Å²) in [6, 6.07) is 4.90. The predicted molar refractivity (Wildman–Crippen MR) is 94.5 cm³/mol. The lowest BCUT2D eigenvalue weighted by Gasteiger charge is -2.17.